The third-order valence-corrected chi connectivity index (χ3v) is 7.61. The van der Waals surface area contributed by atoms with E-state index in [1.165, 1.54) is 32.4 Å². The fourth-order valence-corrected chi connectivity index (χ4v) is 5.38. The first-order chi connectivity index (χ1) is 22.9. The highest BCUT2D eigenvalue weighted by molar-refractivity contribution is 8.13. The number of aromatic nitrogens is 3. The fraction of sp³-hybridized carbons (Fsp3) is 0.0833. The molecule has 0 aliphatic rings. The summed E-state index contributed by atoms with van der Waals surface area (Å²) in [4.78, 5) is 27.4. The van der Waals surface area contributed by atoms with Gasteiger partial charge in [0.15, 0.2) is 11.9 Å². The molecule has 1 heterocycles. The van der Waals surface area contributed by atoms with Crippen LogP contribution in [-0.2, 0) is 29.0 Å². The van der Waals surface area contributed by atoms with Crippen LogP contribution in [0, 0.1) is 11.4 Å². The Balaban J connectivity index is 0.00000433. The van der Waals surface area contributed by atoms with Crippen molar-refractivity contribution in [3.8, 4) is 28.6 Å². The summed E-state index contributed by atoms with van der Waals surface area (Å²) in [7, 11) is -2.14. The lowest BCUT2D eigenvalue weighted by Crippen LogP contribution is -2.01. The van der Waals surface area contributed by atoms with Crippen molar-refractivity contribution in [2.75, 3.05) is 19.5 Å². The molecule has 0 radical (unpaired) electrons. The number of halogens is 1. The summed E-state index contributed by atoms with van der Waals surface area (Å²) in [5.74, 6) is -0.0366. The number of fused-ring (bicyclic) bond motifs is 1. The molecule has 0 unspecified atom stereocenters. The topological polar surface area (TPSA) is 326 Å². The van der Waals surface area contributed by atoms with Crippen LogP contribution >= 0.6 is 47.2 Å². The predicted molar refractivity (Wildman–Crippen MR) is 177 cm³/mol. The average Bonchev–Trinajstić information content (AvgIpc) is 3.02. The normalized spacial score (nSPS) is 10.8. The van der Waals surface area contributed by atoms with Gasteiger partial charge in [0.2, 0.25) is 16.4 Å². The Bertz CT molecular complexity index is 2050. The van der Waals surface area contributed by atoms with Crippen LogP contribution in [0.25, 0.3) is 10.8 Å². The van der Waals surface area contributed by atoms with Crippen molar-refractivity contribution < 1.29 is 72.3 Å². The number of rotatable bonds is 13. The summed E-state index contributed by atoms with van der Waals surface area (Å²) in [5.41, 5.74) is 0.373. The van der Waals surface area contributed by atoms with Gasteiger partial charge in [-0.25, -0.2) is 10.1 Å². The van der Waals surface area contributed by atoms with E-state index in [1.807, 2.05) is 6.11 Å². The van der Waals surface area contributed by atoms with Crippen LogP contribution < -0.4 is 14.8 Å². The molecule has 4 rings (SSSR count). The number of nitrogens with one attached hydrogen (secondary N) is 1. The highest BCUT2D eigenvalue weighted by Gasteiger charge is 2.18. The van der Waals surface area contributed by atoms with Crippen LogP contribution in [0.1, 0.15) is 0 Å². The molecule has 0 saturated carbocycles. The lowest BCUT2D eigenvalue weighted by molar-refractivity contribution is -0.432. The minimum atomic E-state index is -4.85. The van der Waals surface area contributed by atoms with E-state index in [1.54, 1.807) is 18.2 Å². The number of methoxy groups -OCH3 is 2. The van der Waals surface area contributed by atoms with Gasteiger partial charge in [0, 0.05) is 40.2 Å². The molecule has 9 N–H and O–H groups in total. The molecule has 268 valence electrons. The molecule has 21 nitrogen and oxygen atoms in total. The number of carboxylic acid groups (broad SMARTS) is 1. The van der Waals surface area contributed by atoms with Crippen LogP contribution in [0.5, 0.6) is 17.2 Å². The number of aromatic hydroxyl groups is 1. The Morgan fingerprint density at radius 1 is 1.02 bits per heavy atom. The number of nitrogens with zero attached hydrogens (tertiary/aromatic N) is 5. The van der Waals surface area contributed by atoms with E-state index >= 15 is 0 Å². The van der Waals surface area contributed by atoms with Crippen LogP contribution in [0.4, 0.5) is 27.8 Å². The van der Waals surface area contributed by atoms with Gasteiger partial charge in [0.05, 0.1) is 36.1 Å². The Labute approximate surface area is 297 Å². The average molecular weight is 797 g/mol. The van der Waals surface area contributed by atoms with E-state index in [4.69, 9.17) is 36.0 Å². The van der Waals surface area contributed by atoms with Gasteiger partial charge in [-0.3, -0.25) is 9.44 Å². The second-order valence-electron chi connectivity index (χ2n) is 8.20. The molecule has 3 aromatic carbocycles. The van der Waals surface area contributed by atoms with Gasteiger partial charge in [-0.15, -0.1) is 14.6 Å². The predicted octanol–water partition coefficient (Wildman–Crippen LogP) is 4.87. The first kappa shape index (κ1) is 41.7. The quantitative estimate of drug-likeness (QED) is 0.0229. The molecule has 0 fully saturated rings. The smallest absolute Gasteiger partial charge is 0.433 e. The highest BCUT2D eigenvalue weighted by Crippen LogP contribution is 2.46. The van der Waals surface area contributed by atoms with Gasteiger partial charge >= 0.3 is 15.7 Å². The molecule has 0 aliphatic heterocycles. The Morgan fingerprint density at radius 3 is 2.42 bits per heavy atom. The number of ether oxygens (including phenoxy) is 2. The van der Waals surface area contributed by atoms with E-state index in [0.29, 0.717) is 39.8 Å². The number of phenolic OH excluding ortho intramolecular Hbond substituents is 1. The Hall–Kier alpha value is -4.43. The van der Waals surface area contributed by atoms with Crippen LogP contribution in [-0.4, -0.2) is 73.9 Å². The molecule has 26 heteroatoms. The molecule has 50 heavy (non-hydrogen) atoms. The third-order valence-electron chi connectivity index (χ3n) is 5.32. The number of thioether (sulfide) groups is 2. The van der Waals surface area contributed by atoms with Gasteiger partial charge < -0.3 is 36.0 Å². The summed E-state index contributed by atoms with van der Waals surface area (Å²) in [6, 6.07) is 9.20. The first-order valence-corrected chi connectivity index (χ1v) is 16.2. The summed E-state index contributed by atoms with van der Waals surface area (Å²) in [5, 5.41) is 45.5. The zero-order valence-electron chi connectivity index (χ0n) is 24.7. The minimum Gasteiger partial charge on any atom is -0.505 e. The molecular formula is C24H21ClN6O15S4. The number of carbonyl (C=O) groups is 1. The first-order valence-electron chi connectivity index (χ1n) is 12.1. The van der Waals surface area contributed by atoms with Gasteiger partial charge in [-0.1, -0.05) is 11.1 Å². The van der Waals surface area contributed by atoms with Crippen molar-refractivity contribution >= 4 is 96.7 Å². The van der Waals surface area contributed by atoms with Crippen molar-refractivity contribution in [2.45, 2.75) is 14.9 Å². The minimum absolute atomic E-state index is 0. The van der Waals surface area contributed by atoms with E-state index < -0.39 is 15.7 Å². The van der Waals surface area contributed by atoms with Gasteiger partial charge in [-0.2, -0.15) is 23.4 Å². The van der Waals surface area contributed by atoms with E-state index in [0.717, 1.165) is 11.8 Å². The summed E-state index contributed by atoms with van der Waals surface area (Å²) in [6.07, 6.45) is 1.91. The number of benzene rings is 3. The maximum atomic E-state index is 11.3. The molecule has 0 amide bonds. The largest absolute Gasteiger partial charge is 0.505 e. The monoisotopic (exact) mass is 796 g/mol. The zero-order valence-corrected chi connectivity index (χ0v) is 28.7. The van der Waals surface area contributed by atoms with E-state index in [9.17, 15) is 18.3 Å². The van der Waals surface area contributed by atoms with E-state index in [2.05, 4.69) is 54.3 Å². The van der Waals surface area contributed by atoms with Gasteiger partial charge in [0.1, 0.15) is 22.9 Å². The second-order valence-corrected chi connectivity index (χ2v) is 12.0. The number of hydrogen-bond acceptors (Lipinski definition) is 20. The molecule has 0 bridgehead atoms. The molecule has 4 aromatic rings. The third kappa shape index (κ3) is 11.6. The summed E-state index contributed by atoms with van der Waals surface area (Å²) in [6.45, 7) is 0. The number of phenols is 1. The second kappa shape index (κ2) is 19.1. The SMILES string of the molecule is COc1cc(SC#COOS(=O)(=O)O)c(OC)cc1N=Nc1c(SOOO)cc2ccc(Nc3nc(Cl)nc(SC(=O)O)n3)cc2c1O.O.O. The lowest BCUT2D eigenvalue weighted by Gasteiger charge is -2.12. The van der Waals surface area contributed by atoms with Gasteiger partial charge in [-0.05, 0) is 51.3 Å². The van der Waals surface area contributed by atoms with Crippen LogP contribution in [0.15, 0.2) is 61.6 Å². The zero-order chi connectivity index (χ0) is 34.8. The molecule has 0 spiro atoms. The van der Waals surface area contributed by atoms with Crippen molar-refractivity contribution in [1.82, 2.24) is 15.0 Å². The van der Waals surface area contributed by atoms with Crippen LogP contribution in [0.2, 0.25) is 5.28 Å². The number of anilines is 2. The van der Waals surface area contributed by atoms with Gasteiger partial charge in [0.25, 0.3) is 0 Å². The fourth-order valence-electron chi connectivity index (χ4n) is 3.54. The highest BCUT2D eigenvalue weighted by atomic mass is 35.5. The van der Waals surface area contributed by atoms with Crippen molar-refractivity contribution in [3.05, 3.63) is 41.7 Å². The van der Waals surface area contributed by atoms with Crippen molar-refractivity contribution in [1.29, 1.82) is 0 Å². The molecule has 0 saturated heterocycles. The maximum Gasteiger partial charge on any atom is 0.433 e. The molecular weight excluding hydrogens is 776 g/mol. The molecule has 1 aromatic heterocycles. The van der Waals surface area contributed by atoms with Crippen molar-refractivity contribution in [3.63, 3.8) is 0 Å². The number of azo groups is 1. The van der Waals surface area contributed by atoms with Crippen LogP contribution in [0.3, 0.4) is 0 Å². The summed E-state index contributed by atoms with van der Waals surface area (Å²) < 4.78 is 48.6. The maximum absolute atomic E-state index is 11.3. The van der Waals surface area contributed by atoms with E-state index in [-0.39, 0.29) is 66.2 Å². The molecule has 0 atom stereocenters. The Morgan fingerprint density at radius 2 is 1.76 bits per heavy atom. The molecule has 0 aliphatic carbocycles. The lowest BCUT2D eigenvalue weighted by atomic mass is 10.1. The number of hydrogen-bond donors (Lipinski definition) is 5. The van der Waals surface area contributed by atoms with Crippen molar-refractivity contribution in [2.24, 2.45) is 10.2 Å². The standard InChI is InChI=1S/C24H17ClN6O13S4.2H2O/c1-39-15-10-17(45-6-5-41-44-48(36,37)38)16(40-2)9-14(15)30-31-19-18(47-43-42-35)7-11-3-4-12(8-13(11)20(19)32)26-22-27-21(25)28-23(29-22)46-24(33)34;;/h3-4,7-10,32,35H,1-2H3,(H,33,34)(H,36,37,38)(H,26,27,28,29);2*1H2. The summed E-state index contributed by atoms with van der Waals surface area (Å²) >= 11 is 7.59. The Kier molecular flexibility index (Phi) is 15.9.